The zero-order valence-corrected chi connectivity index (χ0v) is 11.2. The molecule has 0 saturated carbocycles. The van der Waals surface area contributed by atoms with E-state index in [9.17, 15) is 4.79 Å². The maximum Gasteiger partial charge on any atom is 0.265 e. The maximum absolute atomic E-state index is 12.4. The highest BCUT2D eigenvalue weighted by atomic mass is 32.1. The molecule has 2 unspecified atom stereocenters. The van der Waals surface area contributed by atoms with E-state index in [0.717, 1.165) is 29.3 Å². The van der Waals surface area contributed by atoms with E-state index in [-0.39, 0.29) is 11.9 Å². The number of amides is 1. The van der Waals surface area contributed by atoms with Gasteiger partial charge in [-0.05, 0) is 25.7 Å². The lowest BCUT2D eigenvalue weighted by atomic mass is 9.90. The fourth-order valence-electron chi connectivity index (χ4n) is 2.46. The average molecular weight is 253 g/mol. The minimum Gasteiger partial charge on any atom is -0.333 e. The Morgan fingerprint density at radius 3 is 3.06 bits per heavy atom. The summed E-state index contributed by atoms with van der Waals surface area (Å²) in [6, 6.07) is 0.179. The number of nitrogens with zero attached hydrogens (tertiary/aromatic N) is 2. The molecule has 1 aromatic rings. The summed E-state index contributed by atoms with van der Waals surface area (Å²) in [6.07, 6.45) is 3.91. The molecular formula is C12H19N3OS. The number of rotatable bonds is 2. The first-order valence-corrected chi connectivity index (χ1v) is 6.88. The SMILES string of the molecule is Cc1ncc(C(=O)N2CCCC(C)C2CN)s1. The van der Waals surface area contributed by atoms with Gasteiger partial charge in [0.25, 0.3) is 5.91 Å². The summed E-state index contributed by atoms with van der Waals surface area (Å²) in [5, 5.41) is 0.933. The number of aryl methyl sites for hydroxylation is 1. The Hall–Kier alpha value is -0.940. The molecule has 2 rings (SSSR count). The highest BCUT2D eigenvalue weighted by molar-refractivity contribution is 7.13. The van der Waals surface area contributed by atoms with Crippen molar-refractivity contribution in [1.82, 2.24) is 9.88 Å². The molecule has 0 radical (unpaired) electrons. The monoisotopic (exact) mass is 253 g/mol. The smallest absolute Gasteiger partial charge is 0.265 e. The number of piperidine rings is 1. The molecule has 1 amide bonds. The van der Waals surface area contributed by atoms with Crippen LogP contribution in [0.5, 0.6) is 0 Å². The molecule has 2 heterocycles. The van der Waals surface area contributed by atoms with E-state index in [1.165, 1.54) is 11.3 Å². The van der Waals surface area contributed by atoms with Gasteiger partial charge in [-0.3, -0.25) is 4.79 Å². The number of hydrogen-bond acceptors (Lipinski definition) is 4. The molecule has 0 aliphatic carbocycles. The highest BCUT2D eigenvalue weighted by Gasteiger charge is 2.31. The van der Waals surface area contributed by atoms with E-state index in [1.54, 1.807) is 6.20 Å². The molecule has 2 atom stereocenters. The van der Waals surface area contributed by atoms with E-state index in [1.807, 2.05) is 11.8 Å². The number of carbonyl (C=O) groups is 1. The van der Waals surface area contributed by atoms with Crippen LogP contribution in [0.4, 0.5) is 0 Å². The number of aromatic nitrogens is 1. The average Bonchev–Trinajstić information content (AvgIpc) is 2.74. The second-order valence-corrected chi connectivity index (χ2v) is 5.90. The molecule has 1 aliphatic heterocycles. The summed E-state index contributed by atoms with van der Waals surface area (Å²) in [4.78, 5) is 19.2. The van der Waals surface area contributed by atoms with Crippen molar-refractivity contribution < 1.29 is 4.79 Å². The van der Waals surface area contributed by atoms with Crippen molar-refractivity contribution in [2.75, 3.05) is 13.1 Å². The summed E-state index contributed by atoms with van der Waals surface area (Å²) < 4.78 is 0. The molecule has 1 aromatic heterocycles. The van der Waals surface area contributed by atoms with Crippen LogP contribution in [-0.2, 0) is 0 Å². The summed E-state index contributed by atoms with van der Waals surface area (Å²) in [5.41, 5.74) is 5.80. The summed E-state index contributed by atoms with van der Waals surface area (Å²) in [6.45, 7) is 5.46. The minimum atomic E-state index is 0.0950. The maximum atomic E-state index is 12.4. The molecule has 0 spiro atoms. The number of carbonyl (C=O) groups excluding carboxylic acids is 1. The Balaban J connectivity index is 2.17. The Kier molecular flexibility index (Phi) is 3.79. The molecule has 0 bridgehead atoms. The predicted molar refractivity (Wildman–Crippen MR) is 69.1 cm³/mol. The largest absolute Gasteiger partial charge is 0.333 e. The first-order valence-electron chi connectivity index (χ1n) is 6.07. The Morgan fingerprint density at radius 2 is 2.47 bits per heavy atom. The lowest BCUT2D eigenvalue weighted by Crippen LogP contribution is -2.51. The molecule has 17 heavy (non-hydrogen) atoms. The van der Waals surface area contributed by atoms with Crippen molar-refractivity contribution in [3.8, 4) is 0 Å². The third kappa shape index (κ3) is 2.50. The van der Waals surface area contributed by atoms with Gasteiger partial charge in [0.2, 0.25) is 0 Å². The Bertz CT molecular complexity index is 404. The zero-order valence-electron chi connectivity index (χ0n) is 10.3. The molecular weight excluding hydrogens is 234 g/mol. The molecule has 2 N–H and O–H groups in total. The zero-order chi connectivity index (χ0) is 12.4. The van der Waals surface area contributed by atoms with Crippen LogP contribution in [0.3, 0.4) is 0 Å². The van der Waals surface area contributed by atoms with Gasteiger partial charge in [0.1, 0.15) is 4.88 Å². The lowest BCUT2D eigenvalue weighted by Gasteiger charge is -2.39. The fraction of sp³-hybridized carbons (Fsp3) is 0.667. The molecule has 1 aliphatic rings. The quantitative estimate of drug-likeness (QED) is 0.872. The van der Waals surface area contributed by atoms with Gasteiger partial charge >= 0.3 is 0 Å². The predicted octanol–water partition coefficient (Wildman–Crippen LogP) is 1.65. The van der Waals surface area contributed by atoms with Gasteiger partial charge < -0.3 is 10.6 Å². The van der Waals surface area contributed by atoms with Crippen LogP contribution in [-0.4, -0.2) is 34.9 Å². The third-order valence-electron chi connectivity index (χ3n) is 3.45. The topological polar surface area (TPSA) is 59.2 Å². The number of thiazole rings is 1. The van der Waals surface area contributed by atoms with Crippen LogP contribution in [0, 0.1) is 12.8 Å². The van der Waals surface area contributed by atoms with E-state index >= 15 is 0 Å². The van der Waals surface area contributed by atoms with Crippen LogP contribution >= 0.6 is 11.3 Å². The normalized spacial score (nSPS) is 25.0. The third-order valence-corrected chi connectivity index (χ3v) is 4.35. The Morgan fingerprint density at radius 1 is 1.71 bits per heavy atom. The second-order valence-electron chi connectivity index (χ2n) is 4.66. The molecule has 4 nitrogen and oxygen atoms in total. The van der Waals surface area contributed by atoms with Gasteiger partial charge in [0, 0.05) is 19.1 Å². The number of nitrogens with two attached hydrogens (primary N) is 1. The lowest BCUT2D eigenvalue weighted by molar-refractivity contribution is 0.0537. The number of hydrogen-bond donors (Lipinski definition) is 1. The van der Waals surface area contributed by atoms with Gasteiger partial charge in [-0.15, -0.1) is 11.3 Å². The van der Waals surface area contributed by atoms with Crippen molar-refractivity contribution in [3.63, 3.8) is 0 Å². The van der Waals surface area contributed by atoms with Crippen LogP contribution < -0.4 is 5.73 Å². The first-order chi connectivity index (χ1) is 8.13. The summed E-state index contributed by atoms with van der Waals surface area (Å²) in [7, 11) is 0. The van der Waals surface area contributed by atoms with Gasteiger partial charge in [-0.2, -0.15) is 0 Å². The van der Waals surface area contributed by atoms with E-state index < -0.39 is 0 Å². The van der Waals surface area contributed by atoms with E-state index in [0.29, 0.717) is 12.5 Å². The van der Waals surface area contributed by atoms with E-state index in [2.05, 4.69) is 11.9 Å². The molecule has 94 valence electrons. The Labute approximate surface area is 106 Å². The first kappa shape index (κ1) is 12.5. The number of likely N-dealkylation sites (tertiary alicyclic amines) is 1. The van der Waals surface area contributed by atoms with Crippen molar-refractivity contribution in [1.29, 1.82) is 0 Å². The molecule has 1 fully saturated rings. The van der Waals surface area contributed by atoms with Gasteiger partial charge in [0.15, 0.2) is 0 Å². The van der Waals surface area contributed by atoms with Gasteiger partial charge in [-0.1, -0.05) is 6.92 Å². The second kappa shape index (κ2) is 5.14. The minimum absolute atomic E-state index is 0.0950. The highest BCUT2D eigenvalue weighted by Crippen LogP contribution is 2.25. The van der Waals surface area contributed by atoms with Crippen LogP contribution in [0.15, 0.2) is 6.20 Å². The van der Waals surface area contributed by atoms with Gasteiger partial charge in [-0.25, -0.2) is 4.98 Å². The summed E-state index contributed by atoms with van der Waals surface area (Å²) >= 11 is 1.46. The fourth-order valence-corrected chi connectivity index (χ4v) is 3.20. The van der Waals surface area contributed by atoms with Crippen molar-refractivity contribution in [3.05, 3.63) is 16.1 Å². The van der Waals surface area contributed by atoms with E-state index in [4.69, 9.17) is 5.73 Å². The van der Waals surface area contributed by atoms with Crippen LogP contribution in [0.1, 0.15) is 34.4 Å². The van der Waals surface area contributed by atoms with Gasteiger partial charge in [0.05, 0.1) is 11.2 Å². The molecule has 0 aromatic carbocycles. The molecule has 1 saturated heterocycles. The van der Waals surface area contributed by atoms with Crippen LogP contribution in [0.2, 0.25) is 0 Å². The summed E-state index contributed by atoms with van der Waals surface area (Å²) in [5.74, 6) is 0.587. The van der Waals surface area contributed by atoms with Crippen molar-refractivity contribution in [2.24, 2.45) is 11.7 Å². The molecule has 5 heteroatoms. The van der Waals surface area contributed by atoms with Crippen molar-refractivity contribution >= 4 is 17.2 Å². The van der Waals surface area contributed by atoms with Crippen molar-refractivity contribution in [2.45, 2.75) is 32.7 Å². The van der Waals surface area contributed by atoms with Crippen LogP contribution in [0.25, 0.3) is 0 Å². The standard InChI is InChI=1S/C12H19N3OS/c1-8-4-3-5-15(10(8)6-13)12(16)11-7-14-9(2)17-11/h7-8,10H,3-6,13H2,1-2H3.